The summed E-state index contributed by atoms with van der Waals surface area (Å²) in [6.07, 6.45) is 5.81. The fourth-order valence-electron chi connectivity index (χ4n) is 14.6. The average molecular weight is 1100 g/mol. The smallest absolute Gasteiger partial charge is 0.0620 e. The summed E-state index contributed by atoms with van der Waals surface area (Å²) in [4.78, 5) is 7.65. The van der Waals surface area contributed by atoms with Crippen molar-refractivity contribution < 1.29 is 0 Å². The van der Waals surface area contributed by atoms with Crippen molar-refractivity contribution in [3.05, 3.63) is 320 Å². The van der Waals surface area contributed by atoms with Gasteiger partial charge < -0.3 is 14.7 Å². The Morgan fingerprint density at radius 1 is 0.302 bits per heavy atom. The third kappa shape index (κ3) is 8.10. The Morgan fingerprint density at radius 3 is 1.12 bits per heavy atom. The van der Waals surface area contributed by atoms with E-state index in [0.29, 0.717) is 0 Å². The highest BCUT2D eigenvalue weighted by Crippen LogP contribution is 2.57. The van der Waals surface area contributed by atoms with Gasteiger partial charge in [-0.15, -0.1) is 0 Å². The fraction of sp³-hybridized carbons (Fsp3) is 0.0602. The van der Waals surface area contributed by atoms with Gasteiger partial charge in [0.05, 0.1) is 17.4 Å². The Bertz CT molecular complexity index is 5310. The fourth-order valence-corrected chi connectivity index (χ4v) is 14.6. The van der Waals surface area contributed by atoms with Crippen LogP contribution < -0.4 is 14.7 Å². The number of hydrogen-bond acceptors (Lipinski definition) is 3. The summed E-state index contributed by atoms with van der Waals surface area (Å²) in [5, 5.41) is 19.5. The minimum atomic E-state index is -0.322. The first kappa shape index (κ1) is 49.8. The van der Waals surface area contributed by atoms with Gasteiger partial charge in [-0.3, -0.25) is 0 Å². The van der Waals surface area contributed by atoms with Gasteiger partial charge in [0.1, 0.15) is 0 Å². The van der Waals surface area contributed by atoms with Crippen LogP contribution in [0.4, 0.5) is 45.5 Å². The van der Waals surface area contributed by atoms with Crippen LogP contribution in [0.25, 0.3) is 91.8 Å². The van der Waals surface area contributed by atoms with Crippen LogP contribution in [0.1, 0.15) is 31.4 Å². The van der Waals surface area contributed by atoms with E-state index in [0.717, 1.165) is 45.9 Å². The summed E-state index contributed by atoms with van der Waals surface area (Å²) in [7, 11) is 0. The van der Waals surface area contributed by atoms with Crippen LogP contribution in [-0.4, -0.2) is 6.04 Å². The Morgan fingerprint density at radius 2 is 0.663 bits per heavy atom. The maximum absolute atomic E-state index is 2.60. The molecule has 0 aliphatic heterocycles. The molecule has 3 nitrogen and oxygen atoms in total. The van der Waals surface area contributed by atoms with E-state index in [-0.39, 0.29) is 11.5 Å². The van der Waals surface area contributed by atoms with Gasteiger partial charge in [-0.2, -0.15) is 0 Å². The van der Waals surface area contributed by atoms with Crippen LogP contribution >= 0.6 is 0 Å². The number of hydrogen-bond donors (Lipinski definition) is 0. The number of rotatable bonds is 9. The molecular weight excluding hydrogens is 1040 g/mol. The number of anilines is 8. The molecule has 15 aromatic carbocycles. The quantitative estimate of drug-likeness (QED) is 0.105. The molecule has 406 valence electrons. The first-order chi connectivity index (χ1) is 42.4. The van der Waals surface area contributed by atoms with E-state index in [1.165, 1.54) is 114 Å². The summed E-state index contributed by atoms with van der Waals surface area (Å²) in [6.45, 7) is 4.95. The molecule has 0 radical (unpaired) electrons. The molecule has 0 saturated carbocycles. The largest absolute Gasteiger partial charge is 0.334 e. The standard InChI is InChI=1S/C83H59N3/c1-83(2)79-51-72(84(66-26-6-3-7-27-66)69-37-34-60-42-54-20-12-15-23-57(54)45-63(60)48-69)40-41-73(79)76-52-77-78(53-80(76)83)82(86(68-30-10-5-11-31-68)71-39-36-62-44-56-22-14-17-25-59(56)47-65(62)50-71)75-33-19-18-32-74(75)81(77)85(67-28-8-4-9-29-67)70-38-35-61-43-55-21-13-16-24-58(55)46-64(61)49-70/h3-50,52-53,72H,51H2,1-2H3. The number of allylic oxidation sites excluding steroid dienone is 2. The van der Waals surface area contributed by atoms with Crippen LogP contribution in [0.3, 0.4) is 0 Å². The predicted molar refractivity (Wildman–Crippen MR) is 368 cm³/mol. The molecule has 0 N–H and O–H groups in total. The van der Waals surface area contributed by atoms with Crippen LogP contribution in [0.2, 0.25) is 0 Å². The second-order valence-electron chi connectivity index (χ2n) is 24.1. The third-order valence-electron chi connectivity index (χ3n) is 18.7. The minimum absolute atomic E-state index is 0.0583. The molecule has 1 unspecified atom stereocenters. The summed E-state index contributed by atoms with van der Waals surface area (Å²) in [5.41, 5.74) is 14.2. The van der Waals surface area contributed by atoms with Gasteiger partial charge in [0.2, 0.25) is 0 Å². The molecule has 0 bridgehead atoms. The lowest BCUT2D eigenvalue weighted by Crippen LogP contribution is -2.33. The molecule has 86 heavy (non-hydrogen) atoms. The molecule has 0 amide bonds. The van der Waals surface area contributed by atoms with Crippen LogP contribution in [0.15, 0.2) is 309 Å². The van der Waals surface area contributed by atoms with Crippen LogP contribution in [-0.2, 0) is 5.41 Å². The van der Waals surface area contributed by atoms with Gasteiger partial charge in [-0.25, -0.2) is 0 Å². The zero-order valence-corrected chi connectivity index (χ0v) is 48.0. The molecule has 2 aliphatic rings. The number of fused-ring (bicyclic) bond motifs is 10. The molecule has 0 heterocycles. The van der Waals surface area contributed by atoms with E-state index in [1.54, 1.807) is 0 Å². The van der Waals surface area contributed by atoms with E-state index >= 15 is 0 Å². The molecule has 1 atom stereocenters. The third-order valence-corrected chi connectivity index (χ3v) is 18.7. The second-order valence-corrected chi connectivity index (χ2v) is 24.1. The zero-order chi connectivity index (χ0) is 57.0. The minimum Gasteiger partial charge on any atom is -0.334 e. The van der Waals surface area contributed by atoms with Crippen LogP contribution in [0, 0.1) is 0 Å². The molecule has 0 spiro atoms. The lowest BCUT2D eigenvalue weighted by Gasteiger charge is -2.37. The number of benzene rings is 15. The summed E-state index contributed by atoms with van der Waals surface area (Å²) in [5.74, 6) is 0. The van der Waals surface area contributed by atoms with Crippen LogP contribution in [0.5, 0.6) is 0 Å². The maximum Gasteiger partial charge on any atom is 0.0620 e. The van der Waals surface area contributed by atoms with Gasteiger partial charge in [0.25, 0.3) is 0 Å². The Kier molecular flexibility index (Phi) is 11.4. The Hall–Kier alpha value is -10.7. The molecule has 0 fully saturated rings. The van der Waals surface area contributed by atoms with E-state index < -0.39 is 0 Å². The average Bonchev–Trinajstić information content (AvgIpc) is 1.52. The molecule has 3 heteroatoms. The van der Waals surface area contributed by atoms with Gasteiger partial charge in [-0.1, -0.05) is 196 Å². The normalized spacial score (nSPS) is 14.5. The Labute approximate surface area is 500 Å². The highest BCUT2D eigenvalue weighted by Gasteiger charge is 2.42. The molecule has 0 aromatic heterocycles. The molecule has 17 rings (SSSR count). The molecule has 15 aromatic rings. The maximum atomic E-state index is 2.60. The number of para-hydroxylation sites is 3. The van der Waals surface area contributed by atoms with Crippen molar-refractivity contribution in [1.29, 1.82) is 0 Å². The number of nitrogens with zero attached hydrogens (tertiary/aromatic N) is 3. The van der Waals surface area contributed by atoms with Crippen molar-refractivity contribution in [3.63, 3.8) is 0 Å². The van der Waals surface area contributed by atoms with Gasteiger partial charge in [0.15, 0.2) is 0 Å². The molecular formula is C83H59N3. The highest BCUT2D eigenvalue weighted by atomic mass is 15.2. The lowest BCUT2D eigenvalue weighted by atomic mass is 9.77. The summed E-state index contributed by atoms with van der Waals surface area (Å²) < 4.78 is 0. The van der Waals surface area contributed by atoms with E-state index in [9.17, 15) is 0 Å². The van der Waals surface area contributed by atoms with Crippen molar-refractivity contribution in [3.8, 4) is 0 Å². The second kappa shape index (κ2) is 19.7. The molecule has 2 aliphatic carbocycles. The first-order valence-corrected chi connectivity index (χ1v) is 30.1. The van der Waals surface area contributed by atoms with Crippen molar-refractivity contribution in [2.45, 2.75) is 31.7 Å². The van der Waals surface area contributed by atoms with Crippen molar-refractivity contribution >= 4 is 137 Å². The monoisotopic (exact) mass is 1100 g/mol. The SMILES string of the molecule is CC1(C)C2=C(C=CC(N(c3ccccc3)c3ccc4cc5ccccc5cc4c3)C2)c2cc3c(N(c4ccccc4)c4ccc5cc6ccccc6cc5c4)c4ccccc4c(N(c4ccccc4)c4ccc5cc6ccccc6cc5c4)c3cc21. The zero-order valence-electron chi connectivity index (χ0n) is 48.0. The van der Waals surface area contributed by atoms with Gasteiger partial charge in [0, 0.05) is 61.1 Å². The van der Waals surface area contributed by atoms with Crippen molar-refractivity contribution in [1.82, 2.24) is 0 Å². The van der Waals surface area contributed by atoms with E-state index in [4.69, 9.17) is 0 Å². The van der Waals surface area contributed by atoms with Gasteiger partial charge >= 0.3 is 0 Å². The lowest BCUT2D eigenvalue weighted by molar-refractivity contribution is 0.585. The highest BCUT2D eigenvalue weighted by molar-refractivity contribution is 6.24. The summed E-state index contributed by atoms with van der Waals surface area (Å²) >= 11 is 0. The predicted octanol–water partition coefficient (Wildman–Crippen LogP) is 23.1. The van der Waals surface area contributed by atoms with Crippen molar-refractivity contribution in [2.75, 3.05) is 14.7 Å². The summed E-state index contributed by atoms with van der Waals surface area (Å²) in [6, 6.07) is 109. The van der Waals surface area contributed by atoms with Gasteiger partial charge in [-0.05, 0) is 215 Å². The van der Waals surface area contributed by atoms with E-state index in [1.807, 2.05) is 0 Å². The van der Waals surface area contributed by atoms with Crippen molar-refractivity contribution in [2.24, 2.45) is 0 Å². The first-order valence-electron chi connectivity index (χ1n) is 30.1. The molecule has 0 saturated heterocycles. The van der Waals surface area contributed by atoms with E-state index in [2.05, 4.69) is 332 Å². The topological polar surface area (TPSA) is 9.72 Å². The Balaban J connectivity index is 0.910.